The molecule has 1 aliphatic heterocycles. The summed E-state index contributed by atoms with van der Waals surface area (Å²) < 4.78 is 16.1. The lowest BCUT2D eigenvalue weighted by atomic mass is 10.1. The molecule has 3 rings (SSSR count). The lowest BCUT2D eigenvalue weighted by Crippen LogP contribution is -2.35. The van der Waals surface area contributed by atoms with Crippen LogP contribution in [-0.2, 0) is 6.54 Å². The monoisotopic (exact) mass is 398 g/mol. The molecule has 29 heavy (non-hydrogen) atoms. The number of carbonyl (C=O) groups excluding carboxylic acids is 1. The van der Waals surface area contributed by atoms with Crippen molar-refractivity contribution in [2.75, 3.05) is 47.5 Å². The lowest BCUT2D eigenvalue weighted by molar-refractivity contribution is 0.0757. The standard InChI is InChI=1S/C23H30N2O4/c1-17-8-5-6-9-18(17)16-24-10-7-11-25(13-12-24)23(26)19-14-21(28-3)22(29-4)15-20(19)27-2/h5-6,8-9,14-15H,7,10-13,16H2,1-4H3. The fourth-order valence-electron chi connectivity index (χ4n) is 3.73. The predicted octanol–water partition coefficient (Wildman–Crippen LogP) is 3.37. The number of ether oxygens (including phenoxy) is 3. The van der Waals surface area contributed by atoms with Crippen LogP contribution in [0.1, 0.15) is 27.9 Å². The van der Waals surface area contributed by atoms with Gasteiger partial charge in [0, 0.05) is 44.9 Å². The highest BCUT2D eigenvalue weighted by Crippen LogP contribution is 2.35. The summed E-state index contributed by atoms with van der Waals surface area (Å²) >= 11 is 0. The van der Waals surface area contributed by atoms with E-state index in [2.05, 4.69) is 36.1 Å². The van der Waals surface area contributed by atoms with Gasteiger partial charge in [0.15, 0.2) is 11.5 Å². The Morgan fingerprint density at radius 2 is 1.59 bits per heavy atom. The van der Waals surface area contributed by atoms with E-state index in [1.54, 1.807) is 33.5 Å². The largest absolute Gasteiger partial charge is 0.496 e. The number of hydrogen-bond donors (Lipinski definition) is 0. The molecule has 6 nitrogen and oxygen atoms in total. The minimum atomic E-state index is -0.0412. The summed E-state index contributed by atoms with van der Waals surface area (Å²) in [7, 11) is 4.69. The topological polar surface area (TPSA) is 51.2 Å². The molecule has 0 radical (unpaired) electrons. The Hall–Kier alpha value is -2.73. The molecule has 0 bridgehead atoms. The van der Waals surface area contributed by atoms with Crippen molar-refractivity contribution >= 4 is 5.91 Å². The number of hydrogen-bond acceptors (Lipinski definition) is 5. The molecule has 1 heterocycles. The average Bonchev–Trinajstić information content (AvgIpc) is 2.99. The fourth-order valence-corrected chi connectivity index (χ4v) is 3.73. The first-order valence-electron chi connectivity index (χ1n) is 9.93. The van der Waals surface area contributed by atoms with Crippen molar-refractivity contribution in [3.8, 4) is 17.2 Å². The van der Waals surface area contributed by atoms with Crippen LogP contribution in [0, 0.1) is 6.92 Å². The average molecular weight is 399 g/mol. The molecule has 0 aliphatic carbocycles. The molecule has 0 atom stereocenters. The van der Waals surface area contributed by atoms with Crippen LogP contribution in [-0.4, -0.2) is 63.2 Å². The molecule has 1 amide bonds. The van der Waals surface area contributed by atoms with E-state index in [-0.39, 0.29) is 5.91 Å². The molecule has 1 saturated heterocycles. The highest BCUT2D eigenvalue weighted by atomic mass is 16.5. The zero-order valence-electron chi connectivity index (χ0n) is 17.7. The number of amides is 1. The third-order valence-corrected chi connectivity index (χ3v) is 5.47. The van der Waals surface area contributed by atoms with Crippen molar-refractivity contribution in [2.24, 2.45) is 0 Å². The van der Waals surface area contributed by atoms with Crippen LogP contribution >= 0.6 is 0 Å². The number of methoxy groups -OCH3 is 3. The molecule has 0 saturated carbocycles. The summed E-state index contributed by atoms with van der Waals surface area (Å²) in [5.41, 5.74) is 3.14. The zero-order valence-corrected chi connectivity index (χ0v) is 17.7. The van der Waals surface area contributed by atoms with Crippen LogP contribution < -0.4 is 14.2 Å². The van der Waals surface area contributed by atoms with Gasteiger partial charge in [-0.15, -0.1) is 0 Å². The van der Waals surface area contributed by atoms with E-state index in [1.807, 2.05) is 4.90 Å². The Morgan fingerprint density at radius 3 is 2.28 bits per heavy atom. The molecular weight excluding hydrogens is 368 g/mol. The van der Waals surface area contributed by atoms with Crippen molar-refractivity contribution in [2.45, 2.75) is 19.9 Å². The fraction of sp³-hybridized carbons (Fsp3) is 0.435. The summed E-state index contributed by atoms with van der Waals surface area (Å²) in [5, 5.41) is 0. The van der Waals surface area contributed by atoms with Gasteiger partial charge in [0.2, 0.25) is 0 Å². The Morgan fingerprint density at radius 1 is 0.897 bits per heavy atom. The first kappa shape index (κ1) is 21.0. The van der Waals surface area contributed by atoms with Crippen molar-refractivity contribution in [3.63, 3.8) is 0 Å². The van der Waals surface area contributed by atoms with Gasteiger partial charge in [0.1, 0.15) is 5.75 Å². The van der Waals surface area contributed by atoms with Gasteiger partial charge in [-0.25, -0.2) is 0 Å². The molecule has 1 aliphatic rings. The van der Waals surface area contributed by atoms with Gasteiger partial charge in [-0.05, 0) is 24.5 Å². The number of nitrogens with zero attached hydrogens (tertiary/aromatic N) is 2. The highest BCUT2D eigenvalue weighted by Gasteiger charge is 2.25. The molecule has 0 unspecified atom stereocenters. The summed E-state index contributed by atoms with van der Waals surface area (Å²) in [5.74, 6) is 1.52. The summed E-state index contributed by atoms with van der Waals surface area (Å²) in [6.07, 6.45) is 0.938. The first-order valence-corrected chi connectivity index (χ1v) is 9.93. The van der Waals surface area contributed by atoms with Crippen molar-refractivity contribution < 1.29 is 19.0 Å². The summed E-state index contributed by atoms with van der Waals surface area (Å²) in [6, 6.07) is 11.9. The molecule has 2 aromatic carbocycles. The van der Waals surface area contributed by atoms with Crippen LogP contribution in [0.4, 0.5) is 0 Å². The summed E-state index contributed by atoms with van der Waals surface area (Å²) in [4.78, 5) is 17.6. The molecule has 0 spiro atoms. The van der Waals surface area contributed by atoms with E-state index in [4.69, 9.17) is 14.2 Å². The Balaban J connectivity index is 1.73. The normalized spacial score (nSPS) is 15.0. The highest BCUT2D eigenvalue weighted by molar-refractivity contribution is 5.97. The van der Waals surface area contributed by atoms with Crippen LogP contribution in [0.3, 0.4) is 0 Å². The van der Waals surface area contributed by atoms with Gasteiger partial charge in [-0.1, -0.05) is 24.3 Å². The van der Waals surface area contributed by atoms with Gasteiger partial charge >= 0.3 is 0 Å². The number of rotatable bonds is 6. The Bertz CT molecular complexity index is 853. The lowest BCUT2D eigenvalue weighted by Gasteiger charge is -2.23. The van der Waals surface area contributed by atoms with Crippen LogP contribution in [0.2, 0.25) is 0 Å². The molecule has 2 aromatic rings. The minimum absolute atomic E-state index is 0.0412. The predicted molar refractivity (Wildman–Crippen MR) is 113 cm³/mol. The van der Waals surface area contributed by atoms with E-state index in [0.29, 0.717) is 29.4 Å². The maximum Gasteiger partial charge on any atom is 0.257 e. The van der Waals surface area contributed by atoms with Crippen LogP contribution in [0.15, 0.2) is 36.4 Å². The van der Waals surface area contributed by atoms with Gasteiger partial charge in [0.25, 0.3) is 5.91 Å². The molecule has 6 heteroatoms. The van der Waals surface area contributed by atoms with Crippen LogP contribution in [0.25, 0.3) is 0 Å². The smallest absolute Gasteiger partial charge is 0.257 e. The van der Waals surface area contributed by atoms with Gasteiger partial charge in [0.05, 0.1) is 26.9 Å². The second-order valence-electron chi connectivity index (χ2n) is 7.26. The van der Waals surface area contributed by atoms with E-state index in [0.717, 1.165) is 32.6 Å². The zero-order chi connectivity index (χ0) is 20.8. The van der Waals surface area contributed by atoms with E-state index >= 15 is 0 Å². The molecule has 1 fully saturated rings. The van der Waals surface area contributed by atoms with Gasteiger partial charge < -0.3 is 19.1 Å². The Kier molecular flexibility index (Phi) is 6.99. The Labute approximate surface area is 173 Å². The number of benzene rings is 2. The first-order chi connectivity index (χ1) is 14.1. The third-order valence-electron chi connectivity index (χ3n) is 5.47. The van der Waals surface area contributed by atoms with E-state index in [9.17, 15) is 4.79 Å². The number of carbonyl (C=O) groups is 1. The second-order valence-corrected chi connectivity index (χ2v) is 7.26. The maximum absolute atomic E-state index is 13.3. The molecular formula is C23H30N2O4. The number of aryl methyl sites for hydroxylation is 1. The van der Waals surface area contributed by atoms with Crippen molar-refractivity contribution in [1.82, 2.24) is 9.80 Å². The third kappa shape index (κ3) is 4.82. The van der Waals surface area contributed by atoms with Crippen molar-refractivity contribution in [1.29, 1.82) is 0 Å². The van der Waals surface area contributed by atoms with Crippen molar-refractivity contribution in [3.05, 3.63) is 53.1 Å². The molecule has 0 aromatic heterocycles. The summed E-state index contributed by atoms with van der Waals surface area (Å²) in [6.45, 7) is 6.28. The van der Waals surface area contributed by atoms with Gasteiger partial charge in [-0.2, -0.15) is 0 Å². The molecule has 0 N–H and O–H groups in total. The minimum Gasteiger partial charge on any atom is -0.496 e. The van der Waals surface area contributed by atoms with E-state index in [1.165, 1.54) is 11.1 Å². The van der Waals surface area contributed by atoms with Gasteiger partial charge in [-0.3, -0.25) is 9.69 Å². The second kappa shape index (κ2) is 9.65. The quantitative estimate of drug-likeness (QED) is 0.747. The maximum atomic E-state index is 13.3. The SMILES string of the molecule is COc1cc(OC)c(C(=O)N2CCCN(Cc3ccccc3C)CC2)cc1OC. The van der Waals surface area contributed by atoms with Crippen LogP contribution in [0.5, 0.6) is 17.2 Å². The molecule has 156 valence electrons. The van der Waals surface area contributed by atoms with E-state index < -0.39 is 0 Å².